The van der Waals surface area contributed by atoms with Gasteiger partial charge in [0.25, 0.3) is 0 Å². The number of thioether (sulfide) groups is 1. The maximum atomic E-state index is 10.7. The number of aliphatic hydroxyl groups is 2. The number of carboxylic acid groups (broad SMARTS) is 1. The van der Waals surface area contributed by atoms with Crippen LogP contribution in [0.1, 0.15) is 12.6 Å². The van der Waals surface area contributed by atoms with Gasteiger partial charge in [0, 0.05) is 11.9 Å². The van der Waals surface area contributed by atoms with Crippen LogP contribution in [0.25, 0.3) is 11.0 Å². The molecule has 11 heteroatoms. The fourth-order valence-electron chi connectivity index (χ4n) is 2.81. The van der Waals surface area contributed by atoms with E-state index in [1.807, 2.05) is 0 Å². The van der Waals surface area contributed by atoms with E-state index in [4.69, 9.17) is 21.3 Å². The molecular formula is C15H21N5O5S. The number of carboxylic acids is 1. The van der Waals surface area contributed by atoms with Crippen LogP contribution in [0.5, 0.6) is 0 Å². The van der Waals surface area contributed by atoms with E-state index >= 15 is 0 Å². The maximum Gasteiger partial charge on any atom is 0.320 e. The summed E-state index contributed by atoms with van der Waals surface area (Å²) in [4.78, 5) is 18.8. The number of anilines is 1. The molecule has 0 radical (unpaired) electrons. The number of rotatable bonds is 7. The molecule has 0 aliphatic carbocycles. The first kappa shape index (κ1) is 18.9. The summed E-state index contributed by atoms with van der Waals surface area (Å²) in [5.74, 6) is 0.143. The topological polar surface area (TPSA) is 170 Å². The lowest BCUT2D eigenvalue weighted by Crippen LogP contribution is -2.33. The highest BCUT2D eigenvalue weighted by molar-refractivity contribution is 7.99. The van der Waals surface area contributed by atoms with Crippen molar-refractivity contribution in [3.63, 3.8) is 0 Å². The van der Waals surface area contributed by atoms with Crippen molar-refractivity contribution < 1.29 is 24.9 Å². The van der Waals surface area contributed by atoms with Crippen LogP contribution in [0.2, 0.25) is 0 Å². The molecule has 0 amide bonds. The molecule has 2 aromatic heterocycles. The number of fused-ring (bicyclic) bond motifs is 1. The molecule has 0 aromatic carbocycles. The monoisotopic (exact) mass is 383 g/mol. The molecule has 5 atom stereocenters. The Labute approximate surface area is 153 Å². The second-order valence-corrected chi connectivity index (χ2v) is 7.22. The third-order valence-electron chi connectivity index (χ3n) is 4.30. The number of hydrogen-bond donors (Lipinski definition) is 5. The number of aromatic nitrogens is 3. The number of nitrogens with two attached hydrogens (primary N) is 2. The van der Waals surface area contributed by atoms with Crippen LogP contribution < -0.4 is 11.5 Å². The van der Waals surface area contributed by atoms with Gasteiger partial charge in [0.15, 0.2) is 12.0 Å². The van der Waals surface area contributed by atoms with Gasteiger partial charge in [-0.25, -0.2) is 9.97 Å². The maximum absolute atomic E-state index is 10.7. The number of nitrogen functional groups attached to an aromatic ring is 1. The number of pyridine rings is 1. The summed E-state index contributed by atoms with van der Waals surface area (Å²) < 4.78 is 7.44. The average Bonchev–Trinajstić information content (AvgIpc) is 3.15. The van der Waals surface area contributed by atoms with Gasteiger partial charge < -0.3 is 36.1 Å². The zero-order chi connectivity index (χ0) is 18.8. The number of aliphatic hydroxyl groups excluding tert-OH is 2. The summed E-state index contributed by atoms with van der Waals surface area (Å²) in [5.41, 5.74) is 12.4. The van der Waals surface area contributed by atoms with Gasteiger partial charge in [-0.3, -0.25) is 4.79 Å². The molecule has 0 bridgehead atoms. The smallest absolute Gasteiger partial charge is 0.320 e. The Kier molecular flexibility index (Phi) is 5.63. The van der Waals surface area contributed by atoms with Crippen molar-refractivity contribution in [2.75, 3.05) is 17.2 Å². The number of nitrogens with zero attached hydrogens (tertiary/aromatic N) is 3. The standard InChI is InChI=1S/C15H21N5O5S/c16-7(15(23)24)2-4-26-5-9-11(21)12(22)14(25-9)20-6-19-10-8(20)1-3-18-13(10)17/h1,3,6-7,9,11-12,14,21-22H,2,4-5,16H2,(H2,17,18)(H,23,24)/t7-,9+,11+,12+,14?/m0/s1. The summed E-state index contributed by atoms with van der Waals surface area (Å²) in [6.45, 7) is 0. The van der Waals surface area contributed by atoms with E-state index in [1.165, 1.54) is 24.3 Å². The molecular weight excluding hydrogens is 362 g/mol. The van der Waals surface area contributed by atoms with E-state index < -0.39 is 36.6 Å². The molecule has 3 heterocycles. The van der Waals surface area contributed by atoms with Gasteiger partial charge in [-0.05, 0) is 18.2 Å². The molecule has 1 aliphatic rings. The van der Waals surface area contributed by atoms with E-state index in [0.29, 0.717) is 29.0 Å². The first-order valence-electron chi connectivity index (χ1n) is 8.05. The van der Waals surface area contributed by atoms with Crippen LogP contribution in [0.3, 0.4) is 0 Å². The summed E-state index contributed by atoms with van der Waals surface area (Å²) in [7, 11) is 0. The highest BCUT2D eigenvalue weighted by Crippen LogP contribution is 2.33. The van der Waals surface area contributed by atoms with Crippen LogP contribution >= 0.6 is 11.8 Å². The van der Waals surface area contributed by atoms with Crippen molar-refractivity contribution in [2.45, 2.75) is 37.0 Å². The molecule has 1 saturated heterocycles. The van der Waals surface area contributed by atoms with Gasteiger partial charge in [-0.1, -0.05) is 0 Å². The number of hydrogen-bond acceptors (Lipinski definition) is 9. The third kappa shape index (κ3) is 3.62. The minimum Gasteiger partial charge on any atom is -0.480 e. The van der Waals surface area contributed by atoms with Gasteiger partial charge in [0.1, 0.15) is 23.8 Å². The molecule has 2 aromatic rings. The Morgan fingerprint density at radius 1 is 1.38 bits per heavy atom. The zero-order valence-corrected chi connectivity index (χ0v) is 14.6. The second-order valence-electron chi connectivity index (χ2n) is 6.07. The molecule has 1 aliphatic heterocycles. The Hall–Kier alpha value is -1.92. The fourth-order valence-corrected chi connectivity index (χ4v) is 3.91. The molecule has 7 N–H and O–H groups in total. The molecule has 0 spiro atoms. The Morgan fingerprint density at radius 2 is 2.15 bits per heavy atom. The highest BCUT2D eigenvalue weighted by Gasteiger charge is 2.43. The van der Waals surface area contributed by atoms with E-state index in [9.17, 15) is 15.0 Å². The first-order valence-corrected chi connectivity index (χ1v) is 9.20. The van der Waals surface area contributed by atoms with Crippen LogP contribution in [-0.4, -0.2) is 71.7 Å². The second kappa shape index (κ2) is 7.76. The van der Waals surface area contributed by atoms with E-state index in [1.54, 1.807) is 10.6 Å². The average molecular weight is 383 g/mol. The minimum atomic E-state index is -1.13. The zero-order valence-electron chi connectivity index (χ0n) is 13.8. The number of aliphatic carboxylic acids is 1. The molecule has 26 heavy (non-hydrogen) atoms. The van der Waals surface area contributed by atoms with E-state index in [0.717, 1.165) is 0 Å². The quantitative estimate of drug-likeness (QED) is 0.380. The van der Waals surface area contributed by atoms with Crippen molar-refractivity contribution in [3.8, 4) is 0 Å². The lowest BCUT2D eigenvalue weighted by Gasteiger charge is -2.17. The van der Waals surface area contributed by atoms with E-state index in [2.05, 4.69) is 9.97 Å². The first-order chi connectivity index (χ1) is 12.4. The highest BCUT2D eigenvalue weighted by atomic mass is 32.2. The lowest BCUT2D eigenvalue weighted by atomic mass is 10.1. The molecule has 1 fully saturated rings. The molecule has 142 valence electrons. The van der Waals surface area contributed by atoms with Crippen LogP contribution in [0.4, 0.5) is 5.82 Å². The summed E-state index contributed by atoms with van der Waals surface area (Å²) in [6.07, 6.45) is -0.266. The number of carbonyl (C=O) groups is 1. The molecule has 3 rings (SSSR count). The summed E-state index contributed by atoms with van der Waals surface area (Å²) in [6, 6.07) is 0.794. The predicted molar refractivity (Wildman–Crippen MR) is 95.4 cm³/mol. The van der Waals surface area contributed by atoms with Crippen LogP contribution in [0, 0.1) is 0 Å². The van der Waals surface area contributed by atoms with Crippen LogP contribution in [0.15, 0.2) is 18.6 Å². The summed E-state index contributed by atoms with van der Waals surface area (Å²) in [5, 5.41) is 29.4. The number of ether oxygens (including phenoxy) is 1. The van der Waals surface area contributed by atoms with Gasteiger partial charge >= 0.3 is 5.97 Å². The Bertz CT molecular complexity index is 787. The molecule has 10 nitrogen and oxygen atoms in total. The van der Waals surface area contributed by atoms with E-state index in [-0.39, 0.29) is 5.82 Å². The Balaban J connectivity index is 1.64. The van der Waals surface area contributed by atoms with Crippen molar-refractivity contribution in [1.82, 2.24) is 14.5 Å². The Morgan fingerprint density at radius 3 is 2.88 bits per heavy atom. The SMILES string of the molecule is Nc1nccc2c1ncn2C1O[C@H](CSCC[C@H](N)C(=O)O)[C@@H](O)[C@H]1O. The van der Waals surface area contributed by atoms with Crippen molar-refractivity contribution >= 4 is 34.6 Å². The predicted octanol–water partition coefficient (Wildman–Crippen LogP) is -0.832. The van der Waals surface area contributed by atoms with Crippen molar-refractivity contribution in [3.05, 3.63) is 18.6 Å². The van der Waals surface area contributed by atoms with Gasteiger partial charge in [0.05, 0.1) is 17.9 Å². The summed E-state index contributed by atoms with van der Waals surface area (Å²) >= 11 is 1.41. The third-order valence-corrected chi connectivity index (χ3v) is 5.39. The lowest BCUT2D eigenvalue weighted by molar-refractivity contribution is -0.138. The number of imidazole rings is 1. The van der Waals surface area contributed by atoms with Crippen LogP contribution in [-0.2, 0) is 9.53 Å². The molecule has 1 unspecified atom stereocenters. The molecule has 0 saturated carbocycles. The normalized spacial score (nSPS) is 27.0. The van der Waals surface area contributed by atoms with Crippen molar-refractivity contribution in [1.29, 1.82) is 0 Å². The van der Waals surface area contributed by atoms with Crippen molar-refractivity contribution in [2.24, 2.45) is 5.73 Å². The van der Waals surface area contributed by atoms with Gasteiger partial charge in [-0.2, -0.15) is 11.8 Å². The largest absolute Gasteiger partial charge is 0.480 e. The van der Waals surface area contributed by atoms with Gasteiger partial charge in [0.2, 0.25) is 0 Å². The fraction of sp³-hybridized carbons (Fsp3) is 0.533. The minimum absolute atomic E-state index is 0.274. The van der Waals surface area contributed by atoms with Gasteiger partial charge in [-0.15, -0.1) is 0 Å².